The van der Waals surface area contributed by atoms with Gasteiger partial charge in [0.15, 0.2) is 5.78 Å². The lowest BCUT2D eigenvalue weighted by Gasteiger charge is -2.44. The molecule has 32 heavy (non-hydrogen) atoms. The van der Waals surface area contributed by atoms with E-state index in [-0.39, 0.29) is 29.4 Å². The van der Waals surface area contributed by atoms with E-state index >= 15 is 0 Å². The SMILES string of the molecule is Cc1cc(Cl)cc2c1OC1(CCN(C(=O)c3ccc(N(C)C)c([N+](=O)[O-])c3)CC1)CC2=O. The fourth-order valence-corrected chi connectivity index (χ4v) is 4.75. The highest BCUT2D eigenvalue weighted by Crippen LogP contribution is 2.42. The predicted molar refractivity (Wildman–Crippen MR) is 121 cm³/mol. The minimum Gasteiger partial charge on any atom is -0.486 e. The molecule has 0 radical (unpaired) electrons. The molecule has 0 N–H and O–H groups in total. The molecule has 0 bridgehead atoms. The molecular weight excluding hydrogens is 434 g/mol. The van der Waals surface area contributed by atoms with Crippen LogP contribution in [0.2, 0.25) is 5.02 Å². The maximum atomic E-state index is 13.0. The summed E-state index contributed by atoms with van der Waals surface area (Å²) in [6.45, 7) is 2.66. The fraction of sp³-hybridized carbons (Fsp3) is 0.391. The van der Waals surface area contributed by atoms with Crippen molar-refractivity contribution in [3.63, 3.8) is 0 Å². The number of nitro groups is 1. The molecule has 1 spiro atoms. The Hall–Kier alpha value is -3.13. The second kappa shape index (κ2) is 8.09. The first-order valence-electron chi connectivity index (χ1n) is 10.4. The van der Waals surface area contributed by atoms with Crippen LogP contribution in [-0.2, 0) is 0 Å². The van der Waals surface area contributed by atoms with Crippen molar-refractivity contribution in [2.75, 3.05) is 32.1 Å². The van der Waals surface area contributed by atoms with Crippen molar-refractivity contribution < 1.29 is 19.2 Å². The summed E-state index contributed by atoms with van der Waals surface area (Å²) >= 11 is 6.10. The van der Waals surface area contributed by atoms with Crippen molar-refractivity contribution in [3.8, 4) is 5.75 Å². The minimum atomic E-state index is -0.653. The first kappa shape index (κ1) is 22.1. The Kier molecular flexibility index (Phi) is 5.58. The molecular formula is C23H24ClN3O5. The molecule has 1 fully saturated rings. The summed E-state index contributed by atoms with van der Waals surface area (Å²) in [6.07, 6.45) is 1.25. The molecule has 168 valence electrons. The molecule has 2 aromatic rings. The van der Waals surface area contributed by atoms with Gasteiger partial charge in [0.2, 0.25) is 0 Å². The van der Waals surface area contributed by atoms with Gasteiger partial charge in [-0.3, -0.25) is 19.7 Å². The Morgan fingerprint density at radius 1 is 1.22 bits per heavy atom. The minimum absolute atomic E-state index is 0.00785. The van der Waals surface area contributed by atoms with Crippen molar-refractivity contribution in [1.29, 1.82) is 0 Å². The van der Waals surface area contributed by atoms with Crippen LogP contribution in [0.1, 0.15) is 45.5 Å². The lowest BCUT2D eigenvalue weighted by molar-refractivity contribution is -0.384. The number of piperidine rings is 1. The first-order chi connectivity index (χ1) is 15.1. The molecule has 1 amide bonds. The molecule has 0 atom stereocenters. The number of Topliss-reactive ketones (excluding diaryl/α,β-unsaturated/α-hetero) is 1. The molecule has 0 aliphatic carbocycles. The predicted octanol–water partition coefficient (Wildman–Crippen LogP) is 4.26. The Morgan fingerprint density at radius 3 is 2.53 bits per heavy atom. The summed E-state index contributed by atoms with van der Waals surface area (Å²) in [5.74, 6) is 0.297. The van der Waals surface area contributed by atoms with Gasteiger partial charge in [-0.2, -0.15) is 0 Å². The number of hydrogen-bond acceptors (Lipinski definition) is 6. The smallest absolute Gasteiger partial charge is 0.293 e. The van der Waals surface area contributed by atoms with Gasteiger partial charge in [-0.05, 0) is 36.8 Å². The van der Waals surface area contributed by atoms with E-state index in [1.807, 2.05) is 6.92 Å². The van der Waals surface area contributed by atoms with Gasteiger partial charge in [-0.25, -0.2) is 0 Å². The Bertz CT molecular complexity index is 1120. The Balaban J connectivity index is 1.52. The summed E-state index contributed by atoms with van der Waals surface area (Å²) in [5.41, 5.74) is 1.27. The summed E-state index contributed by atoms with van der Waals surface area (Å²) in [5, 5.41) is 12.0. The molecule has 4 rings (SSSR count). The normalized spacial score (nSPS) is 17.0. The number of nitrogens with zero attached hydrogens (tertiary/aromatic N) is 3. The van der Waals surface area contributed by atoms with Crippen LogP contribution in [0.5, 0.6) is 5.75 Å². The number of anilines is 1. The van der Waals surface area contributed by atoms with E-state index in [1.54, 1.807) is 48.2 Å². The second-order valence-corrected chi connectivity index (χ2v) is 9.07. The van der Waals surface area contributed by atoms with Gasteiger partial charge in [0.05, 0.1) is 16.9 Å². The maximum Gasteiger partial charge on any atom is 0.293 e. The third-order valence-corrected chi connectivity index (χ3v) is 6.42. The highest BCUT2D eigenvalue weighted by Gasteiger charge is 2.44. The van der Waals surface area contributed by atoms with Crippen LogP contribution in [0.4, 0.5) is 11.4 Å². The van der Waals surface area contributed by atoms with Crippen molar-refractivity contribution >= 4 is 34.7 Å². The highest BCUT2D eigenvalue weighted by atomic mass is 35.5. The first-order valence-corrected chi connectivity index (χ1v) is 10.8. The molecule has 0 unspecified atom stereocenters. The number of rotatable bonds is 3. The van der Waals surface area contributed by atoms with Crippen molar-refractivity contribution in [1.82, 2.24) is 4.90 Å². The standard InChI is InChI=1S/C23H24ClN3O5/c1-14-10-16(24)12-17-20(28)13-23(32-21(14)17)6-8-26(9-7-23)22(29)15-4-5-18(25(2)3)19(11-15)27(30)31/h4-5,10-12H,6-9,13H2,1-3H3. The van der Waals surface area contributed by atoms with Gasteiger partial charge in [0.1, 0.15) is 17.0 Å². The number of carbonyl (C=O) groups is 2. The van der Waals surface area contributed by atoms with Crippen LogP contribution < -0.4 is 9.64 Å². The number of likely N-dealkylation sites (tertiary alicyclic amines) is 1. The average molecular weight is 458 g/mol. The van der Waals surface area contributed by atoms with E-state index < -0.39 is 10.5 Å². The lowest BCUT2D eigenvalue weighted by atomic mass is 9.82. The van der Waals surface area contributed by atoms with E-state index in [4.69, 9.17) is 16.3 Å². The molecule has 9 heteroatoms. The molecule has 0 aromatic heterocycles. The average Bonchev–Trinajstić information content (AvgIpc) is 2.74. The van der Waals surface area contributed by atoms with Crippen molar-refractivity contribution in [3.05, 3.63) is 62.2 Å². The molecule has 1 saturated heterocycles. The monoisotopic (exact) mass is 457 g/mol. The van der Waals surface area contributed by atoms with Crippen molar-refractivity contribution in [2.24, 2.45) is 0 Å². The molecule has 2 aliphatic rings. The van der Waals surface area contributed by atoms with Crippen LogP contribution in [0.25, 0.3) is 0 Å². The largest absolute Gasteiger partial charge is 0.486 e. The molecule has 2 aliphatic heterocycles. The van der Waals surface area contributed by atoms with Crippen LogP contribution >= 0.6 is 11.6 Å². The molecule has 2 heterocycles. The quantitative estimate of drug-likeness (QED) is 0.505. The summed E-state index contributed by atoms with van der Waals surface area (Å²) in [7, 11) is 3.43. The summed E-state index contributed by atoms with van der Waals surface area (Å²) in [4.78, 5) is 40.1. The molecule has 8 nitrogen and oxygen atoms in total. The van der Waals surface area contributed by atoms with Crippen LogP contribution in [-0.4, -0.2) is 54.3 Å². The Labute approximate surface area is 190 Å². The van der Waals surface area contributed by atoms with E-state index in [2.05, 4.69) is 0 Å². The third-order valence-electron chi connectivity index (χ3n) is 6.20. The maximum absolute atomic E-state index is 13.0. The number of carbonyl (C=O) groups excluding carboxylic acids is 2. The number of aryl methyl sites for hydroxylation is 1. The fourth-order valence-electron chi connectivity index (χ4n) is 4.47. The van der Waals surface area contributed by atoms with E-state index in [9.17, 15) is 19.7 Å². The van der Waals surface area contributed by atoms with E-state index in [0.29, 0.717) is 48.0 Å². The summed E-state index contributed by atoms with van der Waals surface area (Å²) < 4.78 is 6.33. The number of nitro benzene ring substituents is 1. The van der Waals surface area contributed by atoms with Crippen LogP contribution in [0, 0.1) is 17.0 Å². The van der Waals surface area contributed by atoms with Gasteiger partial charge in [0, 0.05) is 56.7 Å². The number of hydrogen-bond donors (Lipinski definition) is 0. The highest BCUT2D eigenvalue weighted by molar-refractivity contribution is 6.31. The van der Waals surface area contributed by atoms with Gasteiger partial charge in [-0.1, -0.05) is 11.6 Å². The van der Waals surface area contributed by atoms with Crippen molar-refractivity contribution in [2.45, 2.75) is 31.8 Å². The van der Waals surface area contributed by atoms with Gasteiger partial charge in [0.25, 0.3) is 11.6 Å². The molecule has 0 saturated carbocycles. The topological polar surface area (TPSA) is 93.0 Å². The zero-order chi connectivity index (χ0) is 23.2. The van der Waals surface area contributed by atoms with E-state index in [1.165, 1.54) is 6.07 Å². The number of benzene rings is 2. The van der Waals surface area contributed by atoms with Gasteiger partial charge < -0.3 is 14.5 Å². The van der Waals surface area contributed by atoms with Crippen LogP contribution in [0.3, 0.4) is 0 Å². The second-order valence-electron chi connectivity index (χ2n) is 8.63. The zero-order valence-corrected chi connectivity index (χ0v) is 18.9. The van der Waals surface area contributed by atoms with Crippen LogP contribution in [0.15, 0.2) is 30.3 Å². The number of halogens is 1. The number of fused-ring (bicyclic) bond motifs is 1. The van der Waals surface area contributed by atoms with Gasteiger partial charge >= 0.3 is 0 Å². The summed E-state index contributed by atoms with van der Waals surface area (Å²) in [6, 6.07) is 7.94. The lowest BCUT2D eigenvalue weighted by Crippen LogP contribution is -2.52. The molecule has 2 aromatic carbocycles. The number of amides is 1. The number of ketones is 1. The van der Waals surface area contributed by atoms with E-state index in [0.717, 1.165) is 5.56 Å². The zero-order valence-electron chi connectivity index (χ0n) is 18.2. The Morgan fingerprint density at radius 2 is 1.91 bits per heavy atom. The third kappa shape index (κ3) is 3.90. The van der Waals surface area contributed by atoms with Gasteiger partial charge in [-0.15, -0.1) is 0 Å². The number of ether oxygens (including phenoxy) is 1.